The van der Waals surface area contributed by atoms with Crippen molar-refractivity contribution in [3.63, 3.8) is 0 Å². The number of fused-ring (bicyclic) bond motifs is 2. The number of aromatic nitrogens is 2. The average Bonchev–Trinajstić information content (AvgIpc) is 2.94. The molecule has 0 spiro atoms. The Morgan fingerprint density at radius 1 is 0.778 bits per heavy atom. The molecule has 0 radical (unpaired) electrons. The van der Waals surface area contributed by atoms with Crippen LogP contribution in [0.15, 0.2) is 99.8 Å². The minimum Gasteiger partial charge on any atom is -0.246 e. The first-order valence-electron chi connectivity index (χ1n) is 8.87. The summed E-state index contributed by atoms with van der Waals surface area (Å²) in [5.41, 5.74) is 6.22. The van der Waals surface area contributed by atoms with Crippen LogP contribution in [0.25, 0.3) is 5.69 Å². The Hall–Kier alpha value is -3.11. The molecule has 4 aromatic rings. The molecule has 2 heterocycles. The highest BCUT2D eigenvalue weighted by atomic mass is 32.2. The van der Waals surface area contributed by atoms with E-state index in [1.807, 2.05) is 35.0 Å². The largest absolute Gasteiger partial charge is 0.246 e. The lowest BCUT2D eigenvalue weighted by Gasteiger charge is -2.08. The minimum absolute atomic E-state index is 0.975. The van der Waals surface area contributed by atoms with Crippen LogP contribution in [0.2, 0.25) is 0 Å². The van der Waals surface area contributed by atoms with E-state index in [0.717, 1.165) is 43.8 Å². The first-order chi connectivity index (χ1) is 13.3. The van der Waals surface area contributed by atoms with Crippen LogP contribution < -0.4 is 0 Å². The molecule has 3 nitrogen and oxygen atoms in total. The van der Waals surface area contributed by atoms with Gasteiger partial charge in [-0.1, -0.05) is 72.4 Å². The maximum Gasteiger partial charge on any atom is 0.114 e. The van der Waals surface area contributed by atoms with Gasteiger partial charge in [0.1, 0.15) is 5.03 Å². The zero-order valence-corrected chi connectivity index (χ0v) is 15.6. The van der Waals surface area contributed by atoms with Crippen molar-refractivity contribution >= 4 is 23.2 Å². The minimum atomic E-state index is 0.975. The maximum absolute atomic E-state index is 5.06. The molecule has 0 bridgehead atoms. The van der Waals surface area contributed by atoms with E-state index in [0.29, 0.717) is 0 Å². The molecule has 0 fully saturated rings. The standard InChI is InChI=1S/C23H17N3S/c1-16-21-22(17-10-4-2-5-11-17)24-19-14-8-9-15-20(19)27-23(21)26(25-16)18-12-6-3-7-13-18/h2-15H,1H3. The SMILES string of the molecule is Cc1nn(-c2ccccc2)c2c1C(c1ccccc1)=Nc1ccccc1S2. The summed E-state index contributed by atoms with van der Waals surface area (Å²) in [7, 11) is 0. The van der Waals surface area contributed by atoms with Crippen molar-refractivity contribution in [2.75, 3.05) is 0 Å². The average molecular weight is 367 g/mol. The second-order valence-electron chi connectivity index (χ2n) is 6.41. The maximum atomic E-state index is 5.06. The van der Waals surface area contributed by atoms with Crippen LogP contribution in [0.3, 0.4) is 0 Å². The molecule has 5 rings (SSSR count). The molecular weight excluding hydrogens is 350 g/mol. The van der Waals surface area contributed by atoms with Gasteiger partial charge in [0.15, 0.2) is 0 Å². The normalized spacial score (nSPS) is 12.7. The summed E-state index contributed by atoms with van der Waals surface area (Å²) < 4.78 is 2.04. The van der Waals surface area contributed by atoms with Crippen LogP contribution in [-0.2, 0) is 0 Å². The first kappa shape index (κ1) is 16.1. The molecule has 0 saturated heterocycles. The van der Waals surface area contributed by atoms with Crippen LogP contribution in [-0.4, -0.2) is 15.5 Å². The van der Waals surface area contributed by atoms with E-state index < -0.39 is 0 Å². The second kappa shape index (κ2) is 6.56. The molecular formula is C23H17N3S. The van der Waals surface area contributed by atoms with E-state index in [9.17, 15) is 0 Å². The van der Waals surface area contributed by atoms with Gasteiger partial charge in [-0.25, -0.2) is 9.67 Å². The molecule has 0 unspecified atom stereocenters. The van der Waals surface area contributed by atoms with Gasteiger partial charge >= 0.3 is 0 Å². The number of para-hydroxylation sites is 2. The van der Waals surface area contributed by atoms with Crippen molar-refractivity contribution in [2.24, 2.45) is 4.99 Å². The Morgan fingerprint density at radius 3 is 2.22 bits per heavy atom. The van der Waals surface area contributed by atoms with Gasteiger partial charge in [-0.15, -0.1) is 0 Å². The predicted molar refractivity (Wildman–Crippen MR) is 111 cm³/mol. The van der Waals surface area contributed by atoms with E-state index >= 15 is 0 Å². The van der Waals surface area contributed by atoms with E-state index in [-0.39, 0.29) is 0 Å². The van der Waals surface area contributed by atoms with Gasteiger partial charge in [0.05, 0.1) is 28.3 Å². The summed E-state index contributed by atoms with van der Waals surface area (Å²) in [5.74, 6) is 0. The first-order valence-corrected chi connectivity index (χ1v) is 9.69. The van der Waals surface area contributed by atoms with Gasteiger partial charge in [0.25, 0.3) is 0 Å². The molecule has 27 heavy (non-hydrogen) atoms. The van der Waals surface area contributed by atoms with Crippen LogP contribution in [0.4, 0.5) is 5.69 Å². The van der Waals surface area contributed by atoms with Gasteiger partial charge in [-0.2, -0.15) is 5.10 Å². The van der Waals surface area contributed by atoms with Crippen molar-refractivity contribution < 1.29 is 0 Å². The summed E-state index contributed by atoms with van der Waals surface area (Å²) in [6, 6.07) is 28.9. The Balaban J connectivity index is 1.81. The number of nitrogens with zero attached hydrogens (tertiary/aromatic N) is 3. The molecule has 130 valence electrons. The number of hydrogen-bond donors (Lipinski definition) is 0. The number of hydrogen-bond acceptors (Lipinski definition) is 3. The number of rotatable bonds is 2. The topological polar surface area (TPSA) is 30.2 Å². The summed E-state index contributed by atoms with van der Waals surface area (Å²) in [6.45, 7) is 2.06. The number of aryl methyl sites for hydroxylation is 1. The molecule has 0 atom stereocenters. The zero-order valence-electron chi connectivity index (χ0n) is 14.8. The van der Waals surface area contributed by atoms with E-state index in [1.165, 1.54) is 0 Å². The van der Waals surface area contributed by atoms with Gasteiger partial charge in [-0.05, 0) is 31.2 Å². The van der Waals surface area contributed by atoms with Gasteiger partial charge in [0.2, 0.25) is 0 Å². The highest BCUT2D eigenvalue weighted by molar-refractivity contribution is 7.99. The third kappa shape index (κ3) is 2.78. The Bertz CT molecular complexity index is 1140. The molecule has 1 aliphatic rings. The summed E-state index contributed by atoms with van der Waals surface area (Å²) in [4.78, 5) is 6.20. The fraction of sp³-hybridized carbons (Fsp3) is 0.0435. The highest BCUT2D eigenvalue weighted by Crippen LogP contribution is 2.42. The van der Waals surface area contributed by atoms with Gasteiger partial charge in [0, 0.05) is 10.5 Å². The lowest BCUT2D eigenvalue weighted by atomic mass is 10.0. The quantitative estimate of drug-likeness (QED) is 0.394. The smallest absolute Gasteiger partial charge is 0.114 e. The Labute approximate surface area is 162 Å². The van der Waals surface area contributed by atoms with Gasteiger partial charge in [-0.3, -0.25) is 0 Å². The van der Waals surface area contributed by atoms with Crippen LogP contribution >= 0.6 is 11.8 Å². The van der Waals surface area contributed by atoms with E-state index in [4.69, 9.17) is 10.1 Å². The molecule has 0 saturated carbocycles. The molecule has 4 heteroatoms. The summed E-state index contributed by atoms with van der Waals surface area (Å²) in [5, 5.41) is 5.97. The van der Waals surface area contributed by atoms with E-state index in [2.05, 4.69) is 61.5 Å². The Morgan fingerprint density at radius 2 is 1.44 bits per heavy atom. The lowest BCUT2D eigenvalue weighted by molar-refractivity contribution is 0.793. The fourth-order valence-electron chi connectivity index (χ4n) is 3.34. The van der Waals surface area contributed by atoms with Crippen LogP contribution in [0, 0.1) is 6.92 Å². The molecule has 1 aromatic heterocycles. The lowest BCUT2D eigenvalue weighted by Crippen LogP contribution is -2.05. The summed E-state index contributed by atoms with van der Waals surface area (Å²) >= 11 is 1.73. The van der Waals surface area contributed by atoms with Crippen molar-refractivity contribution in [2.45, 2.75) is 16.8 Å². The molecule has 3 aromatic carbocycles. The Kier molecular flexibility index (Phi) is 3.91. The molecule has 1 aliphatic heterocycles. The van der Waals surface area contributed by atoms with E-state index in [1.54, 1.807) is 11.8 Å². The van der Waals surface area contributed by atoms with Crippen molar-refractivity contribution in [3.8, 4) is 5.69 Å². The number of benzene rings is 3. The van der Waals surface area contributed by atoms with Crippen LogP contribution in [0.5, 0.6) is 0 Å². The highest BCUT2D eigenvalue weighted by Gasteiger charge is 2.26. The van der Waals surface area contributed by atoms with Crippen LogP contribution in [0.1, 0.15) is 16.8 Å². The zero-order chi connectivity index (χ0) is 18.2. The monoisotopic (exact) mass is 367 g/mol. The molecule has 0 aliphatic carbocycles. The third-order valence-corrected chi connectivity index (χ3v) is 5.74. The number of aliphatic imine (C=N–C) groups is 1. The van der Waals surface area contributed by atoms with Crippen molar-refractivity contribution in [1.29, 1.82) is 0 Å². The molecule has 0 amide bonds. The van der Waals surface area contributed by atoms with Gasteiger partial charge < -0.3 is 0 Å². The van der Waals surface area contributed by atoms with Crippen molar-refractivity contribution in [1.82, 2.24) is 9.78 Å². The second-order valence-corrected chi connectivity index (χ2v) is 7.44. The predicted octanol–water partition coefficient (Wildman–Crippen LogP) is 5.81. The molecule has 0 N–H and O–H groups in total. The summed E-state index contributed by atoms with van der Waals surface area (Å²) in [6.07, 6.45) is 0. The third-order valence-electron chi connectivity index (χ3n) is 4.61. The van der Waals surface area contributed by atoms with Crippen molar-refractivity contribution in [3.05, 3.63) is 102 Å². The fourth-order valence-corrected chi connectivity index (χ4v) is 4.49.